The number of nitrogens with zero attached hydrogens (tertiary/aromatic N) is 1. The van der Waals surface area contributed by atoms with Gasteiger partial charge in [0.15, 0.2) is 0 Å². The normalized spacial score (nSPS) is 15.4. The number of carbonyl (C=O) groups excluding carboxylic acids is 1. The number of hydrogen-bond acceptors (Lipinski definition) is 5. The summed E-state index contributed by atoms with van der Waals surface area (Å²) in [6.45, 7) is 4.72. The van der Waals surface area contributed by atoms with Crippen LogP contribution in [0.3, 0.4) is 0 Å². The molecule has 0 bridgehead atoms. The summed E-state index contributed by atoms with van der Waals surface area (Å²) in [5.41, 5.74) is 0. The molecule has 0 aliphatic rings. The molecule has 3 unspecified atom stereocenters. The lowest BCUT2D eigenvalue weighted by atomic mass is 10.0. The fourth-order valence-corrected chi connectivity index (χ4v) is 4.89. The summed E-state index contributed by atoms with van der Waals surface area (Å²) in [6.07, 6.45) is 21.2. The van der Waals surface area contributed by atoms with Gasteiger partial charge in [-0.05, 0) is 38.5 Å². The highest BCUT2D eigenvalue weighted by molar-refractivity contribution is 7.47. The van der Waals surface area contributed by atoms with Crippen LogP contribution in [0.25, 0.3) is 0 Å². The van der Waals surface area contributed by atoms with Crippen molar-refractivity contribution in [3.63, 3.8) is 0 Å². The molecule has 0 saturated heterocycles. The molecular formula is C30H62N2O6P+. The highest BCUT2D eigenvalue weighted by Gasteiger charge is 2.28. The fraction of sp³-hybridized carbons (Fsp3) is 0.900. The van der Waals surface area contributed by atoms with Crippen molar-refractivity contribution >= 4 is 13.7 Å². The standard InChI is InChI=1S/C30H61N2O6P/c1-6-8-10-12-13-14-15-16-17-18-20-22-24-30(34)31-28(29(33)23-21-19-11-9-7-2)27-38-39(35,36)37-26-25-32(3,4)5/h13-14,28-29,33H,6-12,15-27H2,1-5H3,(H-,31,34,35,36)/p+1/b14-13-. The zero-order valence-corrected chi connectivity index (χ0v) is 26.8. The Bertz CT molecular complexity index is 668. The van der Waals surface area contributed by atoms with Crippen LogP contribution in [-0.4, -0.2) is 73.4 Å². The van der Waals surface area contributed by atoms with Crippen molar-refractivity contribution in [2.45, 2.75) is 135 Å². The van der Waals surface area contributed by atoms with Crippen molar-refractivity contribution < 1.29 is 32.9 Å². The molecule has 0 aromatic rings. The lowest BCUT2D eigenvalue weighted by Crippen LogP contribution is -2.46. The van der Waals surface area contributed by atoms with E-state index in [1.807, 2.05) is 21.1 Å². The first-order valence-corrected chi connectivity index (χ1v) is 17.0. The second kappa shape index (κ2) is 23.9. The number of phosphoric ester groups is 1. The van der Waals surface area contributed by atoms with Crippen LogP contribution in [0.5, 0.6) is 0 Å². The van der Waals surface area contributed by atoms with Gasteiger partial charge in [-0.15, -0.1) is 0 Å². The number of allylic oxidation sites excluding steroid dienone is 2. The van der Waals surface area contributed by atoms with Crippen LogP contribution < -0.4 is 5.32 Å². The second-order valence-corrected chi connectivity index (χ2v) is 13.3. The van der Waals surface area contributed by atoms with Gasteiger partial charge in [0.25, 0.3) is 0 Å². The third-order valence-corrected chi connectivity index (χ3v) is 7.75. The number of unbranched alkanes of at least 4 members (excludes halogenated alkanes) is 12. The highest BCUT2D eigenvalue weighted by atomic mass is 31.2. The van der Waals surface area contributed by atoms with E-state index < -0.39 is 20.0 Å². The van der Waals surface area contributed by atoms with Crippen LogP contribution in [0.2, 0.25) is 0 Å². The number of likely N-dealkylation sites (N-methyl/N-ethyl adjacent to an activating group) is 1. The zero-order valence-electron chi connectivity index (χ0n) is 25.9. The Labute approximate surface area is 240 Å². The summed E-state index contributed by atoms with van der Waals surface area (Å²) in [5, 5.41) is 13.6. The first-order chi connectivity index (χ1) is 18.5. The second-order valence-electron chi connectivity index (χ2n) is 11.8. The highest BCUT2D eigenvalue weighted by Crippen LogP contribution is 2.43. The number of amides is 1. The van der Waals surface area contributed by atoms with E-state index in [9.17, 15) is 19.4 Å². The fourth-order valence-electron chi connectivity index (χ4n) is 4.15. The Morgan fingerprint density at radius 2 is 1.38 bits per heavy atom. The minimum absolute atomic E-state index is 0.0729. The van der Waals surface area contributed by atoms with E-state index in [1.165, 1.54) is 32.1 Å². The third-order valence-electron chi connectivity index (χ3n) is 6.76. The van der Waals surface area contributed by atoms with Gasteiger partial charge < -0.3 is 19.8 Å². The SMILES string of the molecule is CCCCC/C=C\CCCCCCCC(=O)NC(COP(=O)(O)OCC[N+](C)(C)C)C(O)CCCCCCC. The van der Waals surface area contributed by atoms with E-state index in [4.69, 9.17) is 9.05 Å². The molecule has 0 aliphatic heterocycles. The van der Waals surface area contributed by atoms with Gasteiger partial charge in [-0.25, -0.2) is 4.57 Å². The molecule has 3 N–H and O–H groups in total. The van der Waals surface area contributed by atoms with E-state index in [0.29, 0.717) is 23.9 Å². The van der Waals surface area contributed by atoms with Crippen molar-refractivity contribution in [1.82, 2.24) is 5.32 Å². The van der Waals surface area contributed by atoms with E-state index in [1.54, 1.807) is 0 Å². The van der Waals surface area contributed by atoms with Crippen LogP contribution in [0.4, 0.5) is 0 Å². The maximum absolute atomic E-state index is 12.6. The van der Waals surface area contributed by atoms with Gasteiger partial charge in [0.2, 0.25) is 5.91 Å². The maximum atomic E-state index is 12.6. The van der Waals surface area contributed by atoms with Crippen molar-refractivity contribution in [3.05, 3.63) is 12.2 Å². The Morgan fingerprint density at radius 1 is 0.846 bits per heavy atom. The van der Waals surface area contributed by atoms with Gasteiger partial charge in [-0.1, -0.05) is 90.2 Å². The van der Waals surface area contributed by atoms with Crippen molar-refractivity contribution in [2.75, 3.05) is 40.9 Å². The van der Waals surface area contributed by atoms with Crippen LogP contribution in [0.15, 0.2) is 12.2 Å². The van der Waals surface area contributed by atoms with E-state index in [0.717, 1.165) is 64.2 Å². The average molecular weight is 578 g/mol. The number of phosphoric acid groups is 1. The van der Waals surface area contributed by atoms with Crippen LogP contribution in [0.1, 0.15) is 123 Å². The predicted molar refractivity (Wildman–Crippen MR) is 162 cm³/mol. The molecule has 0 spiro atoms. The summed E-state index contributed by atoms with van der Waals surface area (Å²) in [7, 11) is 1.60. The van der Waals surface area contributed by atoms with Crippen molar-refractivity contribution in [1.29, 1.82) is 0 Å². The number of nitrogens with one attached hydrogen (secondary N) is 1. The molecular weight excluding hydrogens is 515 g/mol. The van der Waals surface area contributed by atoms with Gasteiger partial charge in [0, 0.05) is 6.42 Å². The number of carbonyl (C=O) groups is 1. The monoisotopic (exact) mass is 577 g/mol. The topological polar surface area (TPSA) is 105 Å². The van der Waals surface area contributed by atoms with Gasteiger partial charge in [0.05, 0.1) is 39.9 Å². The van der Waals surface area contributed by atoms with Crippen LogP contribution in [-0.2, 0) is 18.4 Å². The Kier molecular flexibility index (Phi) is 23.4. The quantitative estimate of drug-likeness (QED) is 0.0425. The molecule has 232 valence electrons. The Morgan fingerprint density at radius 3 is 2.03 bits per heavy atom. The van der Waals surface area contributed by atoms with Crippen molar-refractivity contribution in [3.8, 4) is 0 Å². The molecule has 0 heterocycles. The average Bonchev–Trinajstić information content (AvgIpc) is 2.86. The summed E-state index contributed by atoms with van der Waals surface area (Å²) >= 11 is 0. The van der Waals surface area contributed by atoms with Crippen molar-refractivity contribution in [2.24, 2.45) is 0 Å². The number of aliphatic hydroxyl groups is 1. The molecule has 0 fully saturated rings. The zero-order chi connectivity index (χ0) is 29.4. The molecule has 39 heavy (non-hydrogen) atoms. The third kappa shape index (κ3) is 25.9. The first-order valence-electron chi connectivity index (χ1n) is 15.6. The molecule has 3 atom stereocenters. The smallest absolute Gasteiger partial charge is 0.391 e. The molecule has 9 heteroatoms. The van der Waals surface area contributed by atoms with Gasteiger partial charge >= 0.3 is 7.82 Å². The molecule has 1 amide bonds. The van der Waals surface area contributed by atoms with E-state index in [-0.39, 0.29) is 19.1 Å². The molecule has 0 radical (unpaired) electrons. The van der Waals surface area contributed by atoms with Crippen LogP contribution >= 0.6 is 7.82 Å². The number of aliphatic hydroxyl groups excluding tert-OH is 1. The van der Waals surface area contributed by atoms with Gasteiger partial charge in [-0.3, -0.25) is 13.8 Å². The number of quaternary nitrogens is 1. The number of hydrogen-bond donors (Lipinski definition) is 3. The molecule has 0 saturated carbocycles. The summed E-state index contributed by atoms with van der Waals surface area (Å²) in [4.78, 5) is 22.7. The summed E-state index contributed by atoms with van der Waals surface area (Å²) < 4.78 is 23.2. The molecule has 0 rings (SSSR count). The molecule has 0 aliphatic carbocycles. The Hall–Kier alpha value is -0.760. The minimum atomic E-state index is -4.28. The molecule has 8 nitrogen and oxygen atoms in total. The van der Waals surface area contributed by atoms with E-state index in [2.05, 4.69) is 31.3 Å². The van der Waals surface area contributed by atoms with Crippen LogP contribution in [0, 0.1) is 0 Å². The van der Waals surface area contributed by atoms with Gasteiger partial charge in [-0.2, -0.15) is 0 Å². The summed E-state index contributed by atoms with van der Waals surface area (Å²) in [6, 6.07) is -0.754. The van der Waals surface area contributed by atoms with E-state index >= 15 is 0 Å². The summed E-state index contributed by atoms with van der Waals surface area (Å²) in [5.74, 6) is -0.164. The predicted octanol–water partition coefficient (Wildman–Crippen LogP) is 6.90. The lowest BCUT2D eigenvalue weighted by Gasteiger charge is -2.26. The minimum Gasteiger partial charge on any atom is -0.391 e. The number of rotatable bonds is 27. The maximum Gasteiger partial charge on any atom is 0.472 e. The van der Waals surface area contributed by atoms with Gasteiger partial charge in [0.1, 0.15) is 13.2 Å². The largest absolute Gasteiger partial charge is 0.472 e. The first kappa shape index (κ1) is 38.2. The lowest BCUT2D eigenvalue weighted by molar-refractivity contribution is -0.870. The molecule has 0 aromatic heterocycles. The Balaban J connectivity index is 4.47. The molecule has 0 aromatic carbocycles.